The average Bonchev–Trinajstić information content (AvgIpc) is 2.45. The van der Waals surface area contributed by atoms with E-state index < -0.39 is 10.0 Å². The van der Waals surface area contributed by atoms with Gasteiger partial charge in [0.15, 0.2) is 0 Å². The fourth-order valence-corrected chi connectivity index (χ4v) is 2.53. The van der Waals surface area contributed by atoms with Crippen LogP contribution in [0.1, 0.15) is 19.8 Å². The highest BCUT2D eigenvalue weighted by Gasteiger charge is 2.15. The van der Waals surface area contributed by atoms with Crippen molar-refractivity contribution in [2.75, 3.05) is 25.5 Å². The molecule has 0 aliphatic heterocycles. The molecule has 0 saturated heterocycles. The van der Waals surface area contributed by atoms with Crippen LogP contribution in [-0.4, -0.2) is 34.5 Å². The van der Waals surface area contributed by atoms with Crippen molar-refractivity contribution in [2.45, 2.75) is 24.7 Å². The van der Waals surface area contributed by atoms with Gasteiger partial charge in [-0.1, -0.05) is 19.1 Å². The van der Waals surface area contributed by atoms with E-state index in [1.807, 2.05) is 6.92 Å². The molecule has 0 unspecified atom stereocenters. The van der Waals surface area contributed by atoms with Crippen LogP contribution in [0.3, 0.4) is 0 Å². The number of carbonyl (C=O) groups is 1. The molecule has 3 N–H and O–H groups in total. The quantitative estimate of drug-likeness (QED) is 0.666. The average molecular weight is 299 g/mol. The molecule has 0 fully saturated rings. The van der Waals surface area contributed by atoms with Gasteiger partial charge in [0, 0.05) is 19.5 Å². The number of rotatable bonds is 8. The van der Waals surface area contributed by atoms with Gasteiger partial charge in [-0.05, 0) is 25.6 Å². The number of sulfonamides is 1. The molecule has 0 aromatic heterocycles. The number of anilines is 1. The molecule has 112 valence electrons. The lowest BCUT2D eigenvalue weighted by atomic mass is 10.3. The van der Waals surface area contributed by atoms with Crippen LogP contribution in [0.25, 0.3) is 0 Å². The van der Waals surface area contributed by atoms with Crippen LogP contribution in [0.2, 0.25) is 0 Å². The van der Waals surface area contributed by atoms with Gasteiger partial charge in [0.25, 0.3) is 0 Å². The first-order valence-electron chi connectivity index (χ1n) is 6.54. The molecule has 0 radical (unpaired) electrons. The summed E-state index contributed by atoms with van der Waals surface area (Å²) in [4.78, 5) is 11.6. The highest BCUT2D eigenvalue weighted by atomic mass is 32.2. The predicted molar refractivity (Wildman–Crippen MR) is 79.1 cm³/mol. The van der Waals surface area contributed by atoms with Gasteiger partial charge < -0.3 is 10.6 Å². The molecule has 7 heteroatoms. The Bertz CT molecular complexity index is 544. The molecule has 0 aliphatic carbocycles. The largest absolute Gasteiger partial charge is 0.383 e. The third kappa shape index (κ3) is 4.82. The maximum atomic E-state index is 11.8. The third-order valence-electron chi connectivity index (χ3n) is 2.68. The molecule has 1 rings (SSSR count). The van der Waals surface area contributed by atoms with Crippen LogP contribution >= 0.6 is 0 Å². The number of para-hydroxylation sites is 1. The first kappa shape index (κ1) is 16.5. The normalized spacial score (nSPS) is 11.1. The molecule has 0 aliphatic rings. The SMILES string of the molecule is CCCNC(=O)CCNc1ccccc1S(=O)(=O)NC. The van der Waals surface area contributed by atoms with E-state index in [9.17, 15) is 13.2 Å². The summed E-state index contributed by atoms with van der Waals surface area (Å²) in [5.74, 6) is -0.0479. The number of benzene rings is 1. The van der Waals surface area contributed by atoms with Crippen molar-refractivity contribution in [2.24, 2.45) is 0 Å². The zero-order valence-corrected chi connectivity index (χ0v) is 12.6. The lowest BCUT2D eigenvalue weighted by molar-refractivity contribution is -0.120. The summed E-state index contributed by atoms with van der Waals surface area (Å²) in [5.41, 5.74) is 0.491. The van der Waals surface area contributed by atoms with E-state index in [0.717, 1.165) is 6.42 Å². The summed E-state index contributed by atoms with van der Waals surface area (Å²) in [6, 6.07) is 6.59. The zero-order valence-electron chi connectivity index (χ0n) is 11.8. The summed E-state index contributed by atoms with van der Waals surface area (Å²) in [6.45, 7) is 3.02. The van der Waals surface area contributed by atoms with Crippen molar-refractivity contribution in [3.63, 3.8) is 0 Å². The minimum Gasteiger partial charge on any atom is -0.383 e. The molecular formula is C13H21N3O3S. The first-order chi connectivity index (χ1) is 9.51. The van der Waals surface area contributed by atoms with Crippen molar-refractivity contribution >= 4 is 21.6 Å². The Morgan fingerprint density at radius 1 is 1.20 bits per heavy atom. The van der Waals surface area contributed by atoms with Crippen molar-refractivity contribution < 1.29 is 13.2 Å². The standard InChI is InChI=1S/C13H21N3O3S/c1-3-9-16-13(17)8-10-15-11-6-4-5-7-12(11)20(18,19)14-2/h4-7,14-15H,3,8-10H2,1-2H3,(H,16,17). The van der Waals surface area contributed by atoms with E-state index in [1.165, 1.54) is 13.1 Å². The Balaban J connectivity index is 2.63. The minimum absolute atomic E-state index is 0.0479. The first-order valence-corrected chi connectivity index (χ1v) is 8.02. The van der Waals surface area contributed by atoms with Crippen LogP contribution in [0.5, 0.6) is 0 Å². The number of nitrogens with one attached hydrogen (secondary N) is 3. The topological polar surface area (TPSA) is 87.3 Å². The Morgan fingerprint density at radius 3 is 2.55 bits per heavy atom. The minimum atomic E-state index is -3.51. The van der Waals surface area contributed by atoms with E-state index in [2.05, 4.69) is 15.4 Å². The number of carbonyl (C=O) groups excluding carboxylic acids is 1. The van der Waals surface area contributed by atoms with E-state index in [1.54, 1.807) is 18.2 Å². The van der Waals surface area contributed by atoms with Crippen molar-refractivity contribution in [3.05, 3.63) is 24.3 Å². The molecule has 0 spiro atoms. The molecule has 1 aromatic rings. The number of amides is 1. The third-order valence-corrected chi connectivity index (χ3v) is 4.16. The number of hydrogen-bond donors (Lipinski definition) is 3. The van der Waals surface area contributed by atoms with E-state index in [0.29, 0.717) is 25.2 Å². The van der Waals surface area contributed by atoms with Gasteiger partial charge in [0.1, 0.15) is 4.90 Å². The second kappa shape index (κ2) is 7.86. The molecular weight excluding hydrogens is 278 g/mol. The van der Waals surface area contributed by atoms with Crippen LogP contribution < -0.4 is 15.4 Å². The second-order valence-corrected chi connectivity index (χ2v) is 6.09. The van der Waals surface area contributed by atoms with Gasteiger partial charge in [-0.25, -0.2) is 13.1 Å². The van der Waals surface area contributed by atoms with E-state index in [-0.39, 0.29) is 10.8 Å². The fraction of sp³-hybridized carbons (Fsp3) is 0.462. The van der Waals surface area contributed by atoms with Gasteiger partial charge >= 0.3 is 0 Å². The maximum Gasteiger partial charge on any atom is 0.242 e. The summed E-state index contributed by atoms with van der Waals surface area (Å²) in [7, 11) is -2.14. The van der Waals surface area contributed by atoms with Crippen molar-refractivity contribution in [1.82, 2.24) is 10.0 Å². The summed E-state index contributed by atoms with van der Waals surface area (Å²) >= 11 is 0. The smallest absolute Gasteiger partial charge is 0.242 e. The fourth-order valence-electron chi connectivity index (χ4n) is 1.62. The van der Waals surface area contributed by atoms with Crippen LogP contribution in [0.15, 0.2) is 29.2 Å². The Kier molecular flexibility index (Phi) is 6.47. The highest BCUT2D eigenvalue weighted by molar-refractivity contribution is 7.89. The number of hydrogen-bond acceptors (Lipinski definition) is 4. The molecule has 20 heavy (non-hydrogen) atoms. The van der Waals surface area contributed by atoms with Gasteiger partial charge in [-0.3, -0.25) is 4.79 Å². The molecule has 0 heterocycles. The highest BCUT2D eigenvalue weighted by Crippen LogP contribution is 2.20. The zero-order chi connectivity index (χ0) is 15.0. The Labute approximate surface area is 120 Å². The van der Waals surface area contributed by atoms with E-state index >= 15 is 0 Å². The van der Waals surface area contributed by atoms with Gasteiger partial charge in [-0.15, -0.1) is 0 Å². The van der Waals surface area contributed by atoms with Crippen molar-refractivity contribution in [3.8, 4) is 0 Å². The molecule has 0 saturated carbocycles. The lowest BCUT2D eigenvalue weighted by Gasteiger charge is -2.11. The molecule has 1 amide bonds. The summed E-state index contributed by atoms with van der Waals surface area (Å²) < 4.78 is 25.9. The Hall–Kier alpha value is -1.60. The van der Waals surface area contributed by atoms with E-state index in [4.69, 9.17) is 0 Å². The van der Waals surface area contributed by atoms with Gasteiger partial charge in [0.2, 0.25) is 15.9 Å². The van der Waals surface area contributed by atoms with Crippen LogP contribution in [-0.2, 0) is 14.8 Å². The summed E-state index contributed by atoms with van der Waals surface area (Å²) in [5, 5.41) is 5.75. The molecule has 0 atom stereocenters. The maximum absolute atomic E-state index is 11.8. The van der Waals surface area contributed by atoms with Crippen molar-refractivity contribution in [1.29, 1.82) is 0 Å². The monoisotopic (exact) mass is 299 g/mol. The predicted octanol–water partition coefficient (Wildman–Crippen LogP) is 0.923. The molecule has 1 aromatic carbocycles. The molecule has 0 bridgehead atoms. The van der Waals surface area contributed by atoms with Gasteiger partial charge in [-0.2, -0.15) is 0 Å². The van der Waals surface area contributed by atoms with Crippen LogP contribution in [0, 0.1) is 0 Å². The van der Waals surface area contributed by atoms with Gasteiger partial charge in [0.05, 0.1) is 5.69 Å². The lowest BCUT2D eigenvalue weighted by Crippen LogP contribution is -2.26. The molecule has 6 nitrogen and oxygen atoms in total. The summed E-state index contributed by atoms with van der Waals surface area (Å²) in [6.07, 6.45) is 1.19. The van der Waals surface area contributed by atoms with Crippen LogP contribution in [0.4, 0.5) is 5.69 Å². The second-order valence-electron chi connectivity index (χ2n) is 4.23. The Morgan fingerprint density at radius 2 is 1.90 bits per heavy atom.